The number of fused-ring (bicyclic) bond motifs is 1. The van der Waals surface area contributed by atoms with Crippen molar-refractivity contribution >= 4 is 35.1 Å². The Morgan fingerprint density at radius 3 is 2.08 bits per heavy atom. The van der Waals surface area contributed by atoms with Crippen LogP contribution in [0.25, 0.3) is 0 Å². The maximum absolute atomic E-state index is 13.2. The normalized spacial score (nSPS) is 20.1. The predicted octanol–water partition coefficient (Wildman–Crippen LogP) is 5.22. The van der Waals surface area contributed by atoms with E-state index in [1.807, 2.05) is 36.4 Å². The van der Waals surface area contributed by atoms with E-state index in [9.17, 15) is 24.0 Å². The highest BCUT2D eigenvalue weighted by atomic mass is 16.5. The van der Waals surface area contributed by atoms with Crippen molar-refractivity contribution in [2.24, 2.45) is 0 Å². The summed E-state index contributed by atoms with van der Waals surface area (Å²) in [6.45, 7) is 5.73. The Hall–Kier alpha value is -5.91. The number of aromatic nitrogens is 2. The lowest BCUT2D eigenvalue weighted by Crippen LogP contribution is -2.54. The second kappa shape index (κ2) is 12.8. The van der Waals surface area contributed by atoms with Crippen LogP contribution in [0.15, 0.2) is 79.1 Å². The number of piperidine rings is 1. The molecule has 2 fully saturated rings. The summed E-state index contributed by atoms with van der Waals surface area (Å²) >= 11 is 0. The number of hydrogen-bond acceptors (Lipinski definition) is 10. The summed E-state index contributed by atoms with van der Waals surface area (Å²) in [7, 11) is 0. The number of carbonyl (C=O) groups excluding carboxylic acids is 5. The third-order valence-corrected chi connectivity index (χ3v) is 9.54. The number of anilines is 1. The molecule has 1 aliphatic carbocycles. The molecule has 3 aromatic carbocycles. The largest absolute Gasteiger partial charge is 0.490 e. The highest BCUT2D eigenvalue weighted by Gasteiger charge is 2.44. The van der Waals surface area contributed by atoms with Gasteiger partial charge in [0.25, 0.3) is 11.8 Å². The Kier molecular flexibility index (Phi) is 8.38. The monoisotopic (exact) mass is 673 g/mol. The lowest BCUT2D eigenvalue weighted by molar-refractivity contribution is -0.136. The second-order valence-corrected chi connectivity index (χ2v) is 13.3. The average molecular weight is 674 g/mol. The first-order valence-corrected chi connectivity index (χ1v) is 16.5. The van der Waals surface area contributed by atoms with Gasteiger partial charge in [-0.25, -0.2) is 9.97 Å². The predicted molar refractivity (Wildman–Crippen MR) is 181 cm³/mol. The summed E-state index contributed by atoms with van der Waals surface area (Å²) < 4.78 is 12.1. The van der Waals surface area contributed by atoms with Gasteiger partial charge in [-0.15, -0.1) is 0 Å². The molecule has 12 nitrogen and oxygen atoms in total. The van der Waals surface area contributed by atoms with Crippen molar-refractivity contribution in [2.75, 3.05) is 5.32 Å². The maximum atomic E-state index is 13.2. The number of benzene rings is 3. The van der Waals surface area contributed by atoms with Gasteiger partial charge in [0.1, 0.15) is 23.6 Å². The molecule has 2 aliphatic heterocycles. The molecule has 4 aromatic rings. The van der Waals surface area contributed by atoms with Crippen LogP contribution < -0.4 is 20.1 Å². The van der Waals surface area contributed by atoms with Crippen LogP contribution in [0, 0.1) is 0 Å². The summed E-state index contributed by atoms with van der Waals surface area (Å²) in [5.41, 5.74) is 3.16. The Morgan fingerprint density at radius 2 is 1.46 bits per heavy atom. The number of imide groups is 2. The van der Waals surface area contributed by atoms with Crippen molar-refractivity contribution in [3.63, 3.8) is 0 Å². The van der Waals surface area contributed by atoms with E-state index in [0.717, 1.165) is 34.6 Å². The molecule has 254 valence electrons. The van der Waals surface area contributed by atoms with Crippen molar-refractivity contribution in [3.05, 3.63) is 107 Å². The van der Waals surface area contributed by atoms with Crippen molar-refractivity contribution in [3.8, 4) is 17.2 Å². The lowest BCUT2D eigenvalue weighted by Gasteiger charge is -2.36. The maximum Gasteiger partial charge on any atom is 0.262 e. The van der Waals surface area contributed by atoms with Gasteiger partial charge in [0.15, 0.2) is 17.4 Å². The molecule has 50 heavy (non-hydrogen) atoms. The smallest absolute Gasteiger partial charge is 0.262 e. The molecule has 1 unspecified atom stereocenters. The van der Waals surface area contributed by atoms with Gasteiger partial charge >= 0.3 is 0 Å². The highest BCUT2D eigenvalue weighted by molar-refractivity contribution is 6.23. The van der Waals surface area contributed by atoms with E-state index in [1.54, 1.807) is 18.2 Å². The van der Waals surface area contributed by atoms with E-state index >= 15 is 0 Å². The van der Waals surface area contributed by atoms with Crippen LogP contribution in [0.1, 0.15) is 88.9 Å². The van der Waals surface area contributed by atoms with Crippen LogP contribution in [-0.2, 0) is 15.0 Å². The second-order valence-electron chi connectivity index (χ2n) is 13.3. The molecule has 7 rings (SSSR count). The minimum atomic E-state index is -0.991. The quantitative estimate of drug-likeness (QED) is 0.169. The van der Waals surface area contributed by atoms with Crippen LogP contribution in [-0.4, -0.2) is 62.5 Å². The number of carbonyl (C=O) groups is 5. The van der Waals surface area contributed by atoms with Gasteiger partial charge in [-0.2, -0.15) is 0 Å². The zero-order chi connectivity index (χ0) is 35.2. The number of nitrogens with one attached hydrogen (secondary N) is 2. The van der Waals surface area contributed by atoms with Gasteiger partial charge in [-0.1, -0.05) is 38.1 Å². The van der Waals surface area contributed by atoms with Crippen LogP contribution in [0.2, 0.25) is 0 Å². The van der Waals surface area contributed by atoms with E-state index < -0.39 is 29.7 Å². The van der Waals surface area contributed by atoms with E-state index in [4.69, 9.17) is 9.47 Å². The minimum absolute atomic E-state index is 0.0311. The Labute approximate surface area is 288 Å². The Balaban J connectivity index is 0.912. The van der Waals surface area contributed by atoms with Crippen LogP contribution in [0.5, 0.6) is 17.2 Å². The number of hydrogen-bond donors (Lipinski definition) is 2. The van der Waals surface area contributed by atoms with Gasteiger partial charge in [0.05, 0.1) is 23.5 Å². The van der Waals surface area contributed by atoms with Gasteiger partial charge < -0.3 is 14.8 Å². The van der Waals surface area contributed by atoms with E-state index in [0.29, 0.717) is 17.2 Å². The molecule has 2 N–H and O–H groups in total. The van der Waals surface area contributed by atoms with Gasteiger partial charge in [-0.3, -0.25) is 34.2 Å². The van der Waals surface area contributed by atoms with E-state index in [2.05, 4.69) is 46.6 Å². The molecule has 4 amide bonds. The van der Waals surface area contributed by atoms with Crippen molar-refractivity contribution in [1.82, 2.24) is 20.2 Å². The SMILES string of the molecule is CC(=O)c1ncc(Oc2ccc(C(C)(C)c3ccc(O[C@H]4C[C@@H](Nc5ccc6c(c5)C(=O)N(C5CCC(=O)NC5=O)C6=O)C4)cc3)cc2)cn1. The van der Waals surface area contributed by atoms with Gasteiger partial charge in [0, 0.05) is 43.3 Å². The summed E-state index contributed by atoms with van der Waals surface area (Å²) in [6, 6.07) is 20.1. The van der Waals surface area contributed by atoms with Crippen molar-refractivity contribution < 1.29 is 33.4 Å². The molecule has 3 aliphatic rings. The van der Waals surface area contributed by atoms with Crippen LogP contribution in [0.3, 0.4) is 0 Å². The number of ether oxygens (including phenoxy) is 2. The first-order valence-electron chi connectivity index (χ1n) is 16.5. The number of amides is 4. The standard InChI is InChI=1S/C38H35N5O7/c1-21(44)34-39-19-29(20-40-34)50-27-11-6-23(7-12-27)38(2,3)22-4-9-26(10-5-22)49-28-16-25(17-28)41-24-8-13-30-31(18-24)37(48)43(36(30)47)32-14-15-33(45)42-35(32)46/h4-13,18-20,25,28,32,41H,14-17H2,1-3H3,(H,42,45,46)/t25-,28+,32?. The van der Waals surface area contributed by atoms with Crippen molar-refractivity contribution in [2.45, 2.75) is 70.1 Å². The topological polar surface area (TPSA) is 157 Å². The van der Waals surface area contributed by atoms with Gasteiger partial charge in [-0.05, 0) is 60.0 Å². The third kappa shape index (κ3) is 6.31. The molecule has 0 radical (unpaired) electrons. The molecule has 1 aromatic heterocycles. The molecular formula is C38H35N5O7. The lowest BCUT2D eigenvalue weighted by atomic mass is 9.78. The van der Waals surface area contributed by atoms with Crippen LogP contribution in [0.4, 0.5) is 5.69 Å². The zero-order valence-corrected chi connectivity index (χ0v) is 27.8. The Bertz CT molecular complexity index is 2000. The molecular weight excluding hydrogens is 638 g/mol. The number of nitrogens with zero attached hydrogens (tertiary/aromatic N) is 3. The van der Waals surface area contributed by atoms with Crippen molar-refractivity contribution in [1.29, 1.82) is 0 Å². The zero-order valence-electron chi connectivity index (χ0n) is 27.8. The minimum Gasteiger partial charge on any atom is -0.490 e. The molecule has 12 heteroatoms. The summed E-state index contributed by atoms with van der Waals surface area (Å²) in [4.78, 5) is 70.4. The molecule has 1 saturated carbocycles. The van der Waals surface area contributed by atoms with E-state index in [-0.39, 0.29) is 53.1 Å². The number of Topliss-reactive ketones (excluding diaryl/α,β-unsaturated/α-hetero) is 1. The molecule has 0 spiro atoms. The highest BCUT2D eigenvalue weighted by Crippen LogP contribution is 2.36. The molecule has 0 bridgehead atoms. The fourth-order valence-corrected chi connectivity index (χ4v) is 6.51. The average Bonchev–Trinajstić information content (AvgIpc) is 3.32. The number of ketones is 1. The summed E-state index contributed by atoms with van der Waals surface area (Å²) in [5.74, 6) is -0.273. The third-order valence-electron chi connectivity index (χ3n) is 9.54. The fourth-order valence-electron chi connectivity index (χ4n) is 6.51. The molecule has 1 atom stereocenters. The number of rotatable bonds is 10. The molecule has 3 heterocycles. The van der Waals surface area contributed by atoms with E-state index in [1.165, 1.54) is 19.3 Å². The molecule has 1 saturated heterocycles. The summed E-state index contributed by atoms with van der Waals surface area (Å²) in [6.07, 6.45) is 4.72. The Morgan fingerprint density at radius 1 is 0.840 bits per heavy atom. The summed E-state index contributed by atoms with van der Waals surface area (Å²) in [5, 5.41) is 5.64. The fraction of sp³-hybridized carbons (Fsp3) is 0.289. The van der Waals surface area contributed by atoms with Gasteiger partial charge in [0.2, 0.25) is 11.8 Å². The first-order chi connectivity index (χ1) is 24.0. The first kappa shape index (κ1) is 32.6. The van der Waals surface area contributed by atoms with Crippen LogP contribution >= 0.6 is 0 Å².